The van der Waals surface area contributed by atoms with Crippen LogP contribution in [0.25, 0.3) is 0 Å². The summed E-state index contributed by atoms with van der Waals surface area (Å²) in [6, 6.07) is 7.48. The van der Waals surface area contributed by atoms with E-state index in [2.05, 4.69) is 5.32 Å². The van der Waals surface area contributed by atoms with E-state index in [1.807, 2.05) is 0 Å². The van der Waals surface area contributed by atoms with Gasteiger partial charge >= 0.3 is 0 Å². The van der Waals surface area contributed by atoms with Gasteiger partial charge < -0.3 is 54.9 Å². The van der Waals surface area contributed by atoms with Crippen molar-refractivity contribution in [3.8, 4) is 0 Å². The molecule has 0 saturated carbocycles. The lowest BCUT2D eigenvalue weighted by atomic mass is 9.95. The maximum atomic E-state index is 12.5. The van der Waals surface area contributed by atoms with Crippen LogP contribution in [0, 0.1) is 0 Å². The van der Waals surface area contributed by atoms with Crippen molar-refractivity contribution in [2.75, 3.05) is 13.2 Å². The minimum Gasteiger partial charge on any atom is -0.394 e. The first-order valence-electron chi connectivity index (χ1n) is 10.9. The maximum absolute atomic E-state index is 12.5. The molecule has 10 unspecified atom stereocenters. The Bertz CT molecular complexity index is 846. The molecule has 2 fully saturated rings. The molecule has 10 atom stereocenters. The largest absolute Gasteiger partial charge is 0.394 e. The van der Waals surface area contributed by atoms with E-state index in [-0.39, 0.29) is 6.61 Å². The Labute approximate surface area is 221 Å². The van der Waals surface area contributed by atoms with Crippen molar-refractivity contribution in [2.45, 2.75) is 71.7 Å². The van der Waals surface area contributed by atoms with Crippen LogP contribution in [0.4, 0.5) is 0 Å². The van der Waals surface area contributed by atoms with Gasteiger partial charge in [-0.05, 0) is 5.56 Å². The predicted octanol–water partition coefficient (Wildman–Crippen LogP) is -1.68. The van der Waals surface area contributed by atoms with Crippen LogP contribution in [0.5, 0.6) is 0 Å². The number of carbonyl (C=O) groups excluding carboxylic acids is 1. The number of halogens is 3. The highest BCUT2D eigenvalue weighted by atomic mass is 35.6. The molecule has 3 rings (SSSR count). The van der Waals surface area contributed by atoms with Crippen LogP contribution in [0.15, 0.2) is 30.3 Å². The number of nitrogens with one attached hydrogen (secondary N) is 1. The van der Waals surface area contributed by atoms with Gasteiger partial charge in [0, 0.05) is 0 Å². The zero-order chi connectivity index (χ0) is 26.6. The molecular formula is C21H28Cl3NO11. The number of rotatable bonds is 8. The molecule has 1 aromatic carbocycles. The zero-order valence-electron chi connectivity index (χ0n) is 18.6. The van der Waals surface area contributed by atoms with Crippen molar-refractivity contribution in [2.24, 2.45) is 0 Å². The summed E-state index contributed by atoms with van der Waals surface area (Å²) in [6.45, 7) is -1.44. The van der Waals surface area contributed by atoms with E-state index in [9.17, 15) is 35.4 Å². The molecule has 1 amide bonds. The number of alkyl halides is 3. The number of hydrogen-bond acceptors (Lipinski definition) is 11. The Morgan fingerprint density at radius 1 is 0.889 bits per heavy atom. The zero-order valence-corrected chi connectivity index (χ0v) is 20.9. The van der Waals surface area contributed by atoms with Crippen molar-refractivity contribution >= 4 is 40.7 Å². The molecule has 2 saturated heterocycles. The molecule has 0 aliphatic carbocycles. The van der Waals surface area contributed by atoms with Gasteiger partial charge in [-0.3, -0.25) is 4.79 Å². The molecule has 2 heterocycles. The summed E-state index contributed by atoms with van der Waals surface area (Å²) in [5.41, 5.74) is 0.727. The van der Waals surface area contributed by atoms with E-state index < -0.39 is 84.3 Å². The number of amides is 1. The molecule has 7 N–H and O–H groups in total. The van der Waals surface area contributed by atoms with E-state index in [4.69, 9.17) is 53.8 Å². The fraction of sp³-hybridized carbons (Fsp3) is 0.667. The Hall–Kier alpha value is -0.840. The van der Waals surface area contributed by atoms with Crippen LogP contribution >= 0.6 is 34.8 Å². The van der Waals surface area contributed by atoms with Crippen LogP contribution in [-0.2, 0) is 30.3 Å². The topological polar surface area (TPSA) is 187 Å². The van der Waals surface area contributed by atoms with E-state index >= 15 is 0 Å². The summed E-state index contributed by atoms with van der Waals surface area (Å²) in [4.78, 5) is 12.5. The second kappa shape index (κ2) is 12.8. The summed E-state index contributed by atoms with van der Waals surface area (Å²) >= 11 is 17.1. The third-order valence-corrected chi connectivity index (χ3v) is 6.32. The third kappa shape index (κ3) is 6.97. The molecule has 0 bridgehead atoms. The molecule has 204 valence electrons. The highest BCUT2D eigenvalue weighted by molar-refractivity contribution is 6.76. The van der Waals surface area contributed by atoms with E-state index in [0.717, 1.165) is 5.56 Å². The monoisotopic (exact) mass is 575 g/mol. The van der Waals surface area contributed by atoms with Crippen LogP contribution in [0.2, 0.25) is 0 Å². The molecule has 36 heavy (non-hydrogen) atoms. The third-order valence-electron chi connectivity index (χ3n) is 5.81. The molecule has 15 heteroatoms. The van der Waals surface area contributed by atoms with E-state index in [1.54, 1.807) is 30.3 Å². The van der Waals surface area contributed by atoms with E-state index in [0.29, 0.717) is 0 Å². The summed E-state index contributed by atoms with van der Waals surface area (Å²) in [7, 11) is 0. The molecular weight excluding hydrogens is 549 g/mol. The van der Waals surface area contributed by atoms with Gasteiger partial charge in [-0.15, -0.1) is 0 Å². The molecule has 0 radical (unpaired) electrons. The Balaban J connectivity index is 1.89. The highest BCUT2D eigenvalue weighted by Crippen LogP contribution is 2.32. The van der Waals surface area contributed by atoms with Crippen molar-refractivity contribution in [1.82, 2.24) is 5.32 Å². The molecule has 1 aromatic rings. The van der Waals surface area contributed by atoms with Gasteiger partial charge in [0.1, 0.15) is 48.8 Å². The smallest absolute Gasteiger partial charge is 0.272 e. The van der Waals surface area contributed by atoms with Crippen molar-refractivity contribution < 1.29 is 54.4 Å². The SMILES string of the molecule is O=C(NC1C(OCc2ccccc2)OC(CO)C(O)C1OC1OC(CO)C(O)C(O)C1O)C(Cl)(Cl)Cl. The lowest BCUT2D eigenvalue weighted by Crippen LogP contribution is -2.68. The summed E-state index contributed by atoms with van der Waals surface area (Å²) in [5.74, 6) is -1.12. The number of aliphatic hydroxyl groups is 6. The van der Waals surface area contributed by atoms with Gasteiger partial charge in [0.05, 0.1) is 19.8 Å². The van der Waals surface area contributed by atoms with Crippen molar-refractivity contribution in [3.63, 3.8) is 0 Å². The summed E-state index contributed by atoms with van der Waals surface area (Å²) in [6.07, 6.45) is -14.0. The van der Waals surface area contributed by atoms with Crippen LogP contribution < -0.4 is 5.32 Å². The summed E-state index contributed by atoms with van der Waals surface area (Å²) in [5, 5.41) is 62.9. The molecule has 0 spiro atoms. The maximum Gasteiger partial charge on any atom is 0.272 e. The van der Waals surface area contributed by atoms with Gasteiger partial charge in [0.2, 0.25) is 0 Å². The summed E-state index contributed by atoms with van der Waals surface area (Å²) < 4.78 is 20.1. The molecule has 0 aromatic heterocycles. The first-order valence-corrected chi connectivity index (χ1v) is 12.0. The van der Waals surface area contributed by atoms with Gasteiger partial charge in [0.25, 0.3) is 9.70 Å². The molecule has 12 nitrogen and oxygen atoms in total. The average Bonchev–Trinajstić information content (AvgIpc) is 2.85. The first kappa shape index (κ1) is 29.7. The quantitative estimate of drug-likeness (QED) is 0.175. The number of aliphatic hydroxyl groups excluding tert-OH is 6. The van der Waals surface area contributed by atoms with E-state index in [1.165, 1.54) is 0 Å². The number of ether oxygens (including phenoxy) is 4. The Morgan fingerprint density at radius 2 is 1.47 bits per heavy atom. The fourth-order valence-corrected chi connectivity index (χ4v) is 4.01. The first-order chi connectivity index (χ1) is 17.0. The van der Waals surface area contributed by atoms with Gasteiger partial charge in [-0.2, -0.15) is 0 Å². The van der Waals surface area contributed by atoms with Crippen molar-refractivity contribution in [1.29, 1.82) is 0 Å². The fourth-order valence-electron chi connectivity index (χ4n) is 3.85. The van der Waals surface area contributed by atoms with Crippen LogP contribution in [0.3, 0.4) is 0 Å². The van der Waals surface area contributed by atoms with Gasteiger partial charge in [-0.1, -0.05) is 65.1 Å². The minimum atomic E-state index is -2.42. The number of benzene rings is 1. The average molecular weight is 577 g/mol. The number of hydrogen-bond donors (Lipinski definition) is 7. The lowest BCUT2D eigenvalue weighted by molar-refractivity contribution is -0.345. The van der Waals surface area contributed by atoms with Crippen molar-refractivity contribution in [3.05, 3.63) is 35.9 Å². The Kier molecular flexibility index (Phi) is 10.6. The highest BCUT2D eigenvalue weighted by Gasteiger charge is 2.52. The second-order valence-corrected chi connectivity index (χ2v) is 10.6. The van der Waals surface area contributed by atoms with Crippen LogP contribution in [0.1, 0.15) is 5.56 Å². The second-order valence-electron chi connectivity index (χ2n) is 8.31. The predicted molar refractivity (Wildman–Crippen MR) is 124 cm³/mol. The Morgan fingerprint density at radius 3 is 2.06 bits per heavy atom. The molecule has 2 aliphatic rings. The van der Waals surface area contributed by atoms with Gasteiger partial charge in [0.15, 0.2) is 12.6 Å². The lowest BCUT2D eigenvalue weighted by Gasteiger charge is -2.47. The molecule has 2 aliphatic heterocycles. The number of carbonyl (C=O) groups is 1. The van der Waals surface area contributed by atoms with Gasteiger partial charge in [-0.25, -0.2) is 0 Å². The van der Waals surface area contributed by atoms with Crippen LogP contribution in [-0.4, -0.2) is 115 Å². The normalized spacial score (nSPS) is 37.5. The standard InChI is InChI=1S/C21H28Cl3NO11/c22-21(23,24)20(32)25-12-17(36-19-16(31)15(30)13(28)10(6-26)35-19)14(29)11(7-27)34-18(12)33-8-9-4-2-1-3-5-9/h1-5,10-19,26-31H,6-8H2,(H,25,32). The minimum absolute atomic E-state index is 0.0212.